The SMILES string of the molecule is Cn1c(-c2ccc(C#CC3CC3)cc2)nc(OC[C@H]2COCCO2)cc1=O. The van der Waals surface area contributed by atoms with Crippen molar-refractivity contribution >= 4 is 0 Å². The van der Waals surface area contributed by atoms with Crippen molar-refractivity contribution in [3.63, 3.8) is 0 Å². The molecule has 0 radical (unpaired) electrons. The van der Waals surface area contributed by atoms with Crippen LogP contribution in [0, 0.1) is 17.8 Å². The Morgan fingerprint density at radius 3 is 2.78 bits per heavy atom. The molecule has 4 rings (SSSR count). The summed E-state index contributed by atoms with van der Waals surface area (Å²) in [5.74, 6) is 7.85. The van der Waals surface area contributed by atoms with E-state index in [9.17, 15) is 4.79 Å². The third-order valence-electron chi connectivity index (χ3n) is 4.55. The Kier molecular flexibility index (Phi) is 5.23. The highest BCUT2D eigenvalue weighted by atomic mass is 16.6. The molecule has 27 heavy (non-hydrogen) atoms. The molecule has 2 aromatic rings. The van der Waals surface area contributed by atoms with Crippen molar-refractivity contribution in [2.45, 2.75) is 18.9 Å². The van der Waals surface area contributed by atoms with Crippen LogP contribution < -0.4 is 10.3 Å². The summed E-state index contributed by atoms with van der Waals surface area (Å²) in [5.41, 5.74) is 1.64. The molecule has 1 aromatic carbocycles. The quantitative estimate of drug-likeness (QED) is 0.775. The predicted molar refractivity (Wildman–Crippen MR) is 101 cm³/mol. The first kappa shape index (κ1) is 17.8. The van der Waals surface area contributed by atoms with Crippen LogP contribution in [0.1, 0.15) is 18.4 Å². The Bertz CT molecular complexity index is 914. The average molecular weight is 366 g/mol. The summed E-state index contributed by atoms with van der Waals surface area (Å²) in [5, 5.41) is 0. The van der Waals surface area contributed by atoms with Gasteiger partial charge in [-0.3, -0.25) is 9.36 Å². The molecular formula is C21H22N2O4. The van der Waals surface area contributed by atoms with Gasteiger partial charge in [0.2, 0.25) is 5.88 Å². The third kappa shape index (κ3) is 4.57. The summed E-state index contributed by atoms with van der Waals surface area (Å²) in [4.78, 5) is 16.8. The maximum atomic E-state index is 12.3. The Hall–Kier alpha value is -2.62. The first-order valence-corrected chi connectivity index (χ1v) is 9.21. The van der Waals surface area contributed by atoms with Gasteiger partial charge in [-0.2, -0.15) is 4.98 Å². The van der Waals surface area contributed by atoms with Gasteiger partial charge in [-0.1, -0.05) is 24.0 Å². The molecule has 2 aliphatic rings. The van der Waals surface area contributed by atoms with E-state index in [0.717, 1.165) is 11.1 Å². The highest BCUT2D eigenvalue weighted by Gasteiger charge is 2.18. The second kappa shape index (κ2) is 7.95. The van der Waals surface area contributed by atoms with Gasteiger partial charge in [0.25, 0.3) is 5.56 Å². The Morgan fingerprint density at radius 1 is 1.26 bits per heavy atom. The molecule has 0 amide bonds. The van der Waals surface area contributed by atoms with E-state index in [4.69, 9.17) is 14.2 Å². The lowest BCUT2D eigenvalue weighted by Gasteiger charge is -2.22. The van der Waals surface area contributed by atoms with Crippen molar-refractivity contribution in [2.75, 3.05) is 26.4 Å². The number of ether oxygens (including phenoxy) is 3. The van der Waals surface area contributed by atoms with E-state index in [1.807, 2.05) is 24.3 Å². The molecule has 1 aliphatic carbocycles. The molecule has 1 saturated carbocycles. The monoisotopic (exact) mass is 366 g/mol. The van der Waals surface area contributed by atoms with Crippen LogP contribution in [-0.4, -0.2) is 42.1 Å². The lowest BCUT2D eigenvalue weighted by molar-refractivity contribution is -0.102. The van der Waals surface area contributed by atoms with E-state index in [-0.39, 0.29) is 11.7 Å². The van der Waals surface area contributed by atoms with Crippen molar-refractivity contribution in [3.05, 3.63) is 46.2 Å². The number of hydrogen-bond acceptors (Lipinski definition) is 5. The molecule has 6 nitrogen and oxygen atoms in total. The first-order valence-electron chi connectivity index (χ1n) is 9.21. The molecule has 2 fully saturated rings. The fourth-order valence-electron chi connectivity index (χ4n) is 2.78. The van der Waals surface area contributed by atoms with Crippen LogP contribution in [0.25, 0.3) is 11.4 Å². The van der Waals surface area contributed by atoms with Gasteiger partial charge in [0, 0.05) is 24.1 Å². The van der Waals surface area contributed by atoms with E-state index < -0.39 is 0 Å². The van der Waals surface area contributed by atoms with Gasteiger partial charge in [-0.05, 0) is 25.0 Å². The van der Waals surface area contributed by atoms with Crippen LogP contribution in [0.2, 0.25) is 0 Å². The topological polar surface area (TPSA) is 62.6 Å². The second-order valence-electron chi connectivity index (χ2n) is 6.81. The lowest BCUT2D eigenvalue weighted by Crippen LogP contribution is -2.33. The maximum Gasteiger partial charge on any atom is 0.257 e. The standard InChI is InChI=1S/C21H22N2O4/c1-23-20(24)12-19(27-14-18-13-25-10-11-26-18)22-21(23)17-8-6-16(7-9-17)5-4-15-2-3-15/h6-9,12,15,18H,2-3,10-11,13-14H2,1H3/t18-/m1/s1. The number of nitrogens with zero attached hydrogens (tertiary/aromatic N) is 2. The van der Waals surface area contributed by atoms with Crippen molar-refractivity contribution in [3.8, 4) is 29.1 Å². The van der Waals surface area contributed by atoms with Crippen LogP contribution in [0.3, 0.4) is 0 Å². The van der Waals surface area contributed by atoms with Gasteiger partial charge in [0.1, 0.15) is 18.5 Å². The fraction of sp³-hybridized carbons (Fsp3) is 0.429. The summed E-state index contributed by atoms with van der Waals surface area (Å²) in [6.45, 7) is 1.95. The van der Waals surface area contributed by atoms with Crippen molar-refractivity contribution in [1.82, 2.24) is 9.55 Å². The van der Waals surface area contributed by atoms with Crippen LogP contribution in [0.5, 0.6) is 5.88 Å². The molecule has 1 saturated heterocycles. The molecule has 1 aromatic heterocycles. The predicted octanol–water partition coefficient (Wildman–Crippen LogP) is 2.00. The van der Waals surface area contributed by atoms with Gasteiger partial charge < -0.3 is 14.2 Å². The minimum absolute atomic E-state index is 0.141. The van der Waals surface area contributed by atoms with Crippen molar-refractivity contribution in [2.24, 2.45) is 13.0 Å². The number of benzene rings is 1. The van der Waals surface area contributed by atoms with Gasteiger partial charge >= 0.3 is 0 Å². The van der Waals surface area contributed by atoms with Gasteiger partial charge in [-0.15, -0.1) is 0 Å². The molecule has 0 spiro atoms. The van der Waals surface area contributed by atoms with Gasteiger partial charge in [0.05, 0.1) is 25.9 Å². The van der Waals surface area contributed by atoms with Crippen molar-refractivity contribution < 1.29 is 14.2 Å². The van der Waals surface area contributed by atoms with Crippen LogP contribution >= 0.6 is 0 Å². The highest BCUT2D eigenvalue weighted by molar-refractivity contribution is 5.57. The average Bonchev–Trinajstić information content (AvgIpc) is 3.53. The molecule has 0 N–H and O–H groups in total. The number of rotatable bonds is 4. The molecule has 1 atom stereocenters. The zero-order valence-electron chi connectivity index (χ0n) is 15.3. The van der Waals surface area contributed by atoms with Crippen LogP contribution in [0.4, 0.5) is 0 Å². The zero-order chi connectivity index (χ0) is 18.6. The second-order valence-corrected chi connectivity index (χ2v) is 6.81. The number of aromatic nitrogens is 2. The molecule has 6 heteroatoms. The summed E-state index contributed by atoms with van der Waals surface area (Å²) in [6.07, 6.45) is 2.28. The Labute approximate surface area is 158 Å². The third-order valence-corrected chi connectivity index (χ3v) is 4.55. The first-order chi connectivity index (χ1) is 13.2. The van der Waals surface area contributed by atoms with Crippen LogP contribution in [-0.2, 0) is 16.5 Å². The summed E-state index contributed by atoms with van der Waals surface area (Å²) in [7, 11) is 1.70. The zero-order valence-corrected chi connectivity index (χ0v) is 15.3. The minimum atomic E-state index is -0.173. The van der Waals surface area contributed by atoms with Crippen molar-refractivity contribution in [1.29, 1.82) is 0 Å². The summed E-state index contributed by atoms with van der Waals surface area (Å²) < 4.78 is 18.1. The lowest BCUT2D eigenvalue weighted by atomic mass is 10.1. The molecule has 0 bridgehead atoms. The van der Waals surface area contributed by atoms with E-state index in [2.05, 4.69) is 16.8 Å². The van der Waals surface area contributed by atoms with E-state index in [0.29, 0.717) is 44.0 Å². The van der Waals surface area contributed by atoms with Gasteiger partial charge in [0.15, 0.2) is 0 Å². The minimum Gasteiger partial charge on any atom is -0.475 e. The molecule has 140 valence electrons. The maximum absolute atomic E-state index is 12.3. The largest absolute Gasteiger partial charge is 0.475 e. The molecule has 0 unspecified atom stereocenters. The van der Waals surface area contributed by atoms with Gasteiger partial charge in [-0.25, -0.2) is 0 Å². The fourth-order valence-corrected chi connectivity index (χ4v) is 2.78. The molecule has 1 aliphatic heterocycles. The smallest absolute Gasteiger partial charge is 0.257 e. The normalized spacial score (nSPS) is 19.2. The number of hydrogen-bond donors (Lipinski definition) is 0. The Morgan fingerprint density at radius 2 is 2.07 bits per heavy atom. The van der Waals surface area contributed by atoms with Crippen LogP contribution in [0.15, 0.2) is 35.1 Å². The molecular weight excluding hydrogens is 344 g/mol. The molecule has 2 heterocycles. The summed E-state index contributed by atoms with van der Waals surface area (Å²) in [6, 6.07) is 9.17. The Balaban J connectivity index is 1.51. The summed E-state index contributed by atoms with van der Waals surface area (Å²) >= 11 is 0. The van der Waals surface area contributed by atoms with E-state index >= 15 is 0 Å². The highest BCUT2D eigenvalue weighted by Crippen LogP contribution is 2.27. The van der Waals surface area contributed by atoms with E-state index in [1.165, 1.54) is 23.5 Å². The van der Waals surface area contributed by atoms with E-state index in [1.54, 1.807) is 7.05 Å².